The summed E-state index contributed by atoms with van der Waals surface area (Å²) in [5.41, 5.74) is 0.881. The lowest BCUT2D eigenvalue weighted by atomic mass is 9.84. The Morgan fingerprint density at radius 2 is 1.55 bits per heavy atom. The summed E-state index contributed by atoms with van der Waals surface area (Å²) in [5.74, 6) is 0.622. The highest BCUT2D eigenvalue weighted by Crippen LogP contribution is 2.40. The third-order valence-corrected chi connectivity index (χ3v) is 12.1. The molecule has 0 N–H and O–H groups in total. The molecule has 0 saturated carbocycles. The summed E-state index contributed by atoms with van der Waals surface area (Å²) in [6.45, 7) is 18.1. The minimum atomic E-state index is -2.54. The first-order chi connectivity index (χ1) is 15.5. The summed E-state index contributed by atoms with van der Waals surface area (Å²) in [6, 6.07) is 21.5. The molecule has 0 radical (unpaired) electrons. The van der Waals surface area contributed by atoms with Crippen LogP contribution in [0.3, 0.4) is 0 Å². The molecular weight excluding hydrogens is 420 g/mol. The Hall–Kier alpha value is -2.23. The molecule has 0 bridgehead atoms. The lowest BCUT2D eigenvalue weighted by molar-refractivity contribution is -0.116. The molecule has 1 aliphatic carbocycles. The Bertz CT molecular complexity index is 943. The lowest BCUT2D eigenvalue weighted by Gasteiger charge is -2.43. The van der Waals surface area contributed by atoms with E-state index in [-0.39, 0.29) is 28.1 Å². The van der Waals surface area contributed by atoms with Crippen molar-refractivity contribution >= 4 is 24.5 Å². The summed E-state index contributed by atoms with van der Waals surface area (Å²) < 4.78 is 7.06. The molecule has 1 aliphatic rings. The monoisotopic (exact) mass is 460 g/mol. The molecule has 2 atom stereocenters. The first-order valence-corrected chi connectivity index (χ1v) is 14.1. The van der Waals surface area contributed by atoms with Gasteiger partial charge in [-0.15, -0.1) is 6.58 Å². The van der Waals surface area contributed by atoms with Gasteiger partial charge in [0, 0.05) is 18.9 Å². The average molecular weight is 461 g/mol. The molecular formula is C30H40O2Si. The van der Waals surface area contributed by atoms with Gasteiger partial charge in [0.2, 0.25) is 0 Å². The van der Waals surface area contributed by atoms with E-state index < -0.39 is 8.32 Å². The summed E-state index contributed by atoms with van der Waals surface area (Å²) >= 11 is 0. The number of allylic oxidation sites excluding steroid dienone is 3. The maximum Gasteiger partial charge on any atom is 0.261 e. The van der Waals surface area contributed by atoms with Crippen LogP contribution in [-0.4, -0.2) is 20.7 Å². The Labute approximate surface area is 201 Å². The minimum Gasteiger partial charge on any atom is -0.407 e. The maximum atomic E-state index is 12.7. The van der Waals surface area contributed by atoms with Crippen molar-refractivity contribution in [3.63, 3.8) is 0 Å². The largest absolute Gasteiger partial charge is 0.407 e. The molecule has 0 aliphatic heterocycles. The zero-order valence-electron chi connectivity index (χ0n) is 21.2. The number of hydrogen-bond donors (Lipinski definition) is 0. The van der Waals surface area contributed by atoms with Gasteiger partial charge in [0.1, 0.15) is 0 Å². The van der Waals surface area contributed by atoms with Gasteiger partial charge in [-0.25, -0.2) is 0 Å². The standard InChI is InChI=1S/C30H40O2Si/c1-8-26(27-21-30(6,7)22-28(27)31)23(2)19-20-32-33(29(3,4)5,24-15-11-9-12-16-24)25-17-13-10-14-18-25/h8-18,21,23,26H,1,19-20,22H2,2-7H3/t23-,26+/m1/s1. The maximum absolute atomic E-state index is 12.7. The van der Waals surface area contributed by atoms with E-state index in [0.717, 1.165) is 12.0 Å². The second-order valence-corrected chi connectivity index (χ2v) is 15.5. The van der Waals surface area contributed by atoms with Crippen molar-refractivity contribution in [2.45, 2.75) is 59.4 Å². The topological polar surface area (TPSA) is 26.3 Å². The summed E-state index contributed by atoms with van der Waals surface area (Å²) in [5, 5.41) is 2.56. The molecule has 176 valence electrons. The van der Waals surface area contributed by atoms with E-state index in [0.29, 0.717) is 13.0 Å². The van der Waals surface area contributed by atoms with Gasteiger partial charge in [-0.2, -0.15) is 0 Å². The van der Waals surface area contributed by atoms with E-state index in [2.05, 4.69) is 115 Å². The molecule has 33 heavy (non-hydrogen) atoms. The number of carbonyl (C=O) groups is 1. The van der Waals surface area contributed by atoms with Crippen LogP contribution in [0, 0.1) is 17.3 Å². The Balaban J connectivity index is 1.88. The van der Waals surface area contributed by atoms with Crippen molar-refractivity contribution in [2.24, 2.45) is 17.3 Å². The predicted molar refractivity (Wildman–Crippen MR) is 143 cm³/mol. The number of Topliss-reactive ketones (excluding diaryl/α,β-unsaturated/α-hetero) is 1. The van der Waals surface area contributed by atoms with Gasteiger partial charge in [0.25, 0.3) is 8.32 Å². The van der Waals surface area contributed by atoms with Gasteiger partial charge in [-0.05, 0) is 38.7 Å². The van der Waals surface area contributed by atoms with E-state index in [1.165, 1.54) is 10.4 Å². The van der Waals surface area contributed by atoms with Crippen LogP contribution in [0.1, 0.15) is 54.4 Å². The molecule has 3 rings (SSSR count). The van der Waals surface area contributed by atoms with Crippen molar-refractivity contribution in [3.8, 4) is 0 Å². The average Bonchev–Trinajstić information content (AvgIpc) is 3.04. The fourth-order valence-electron chi connectivity index (χ4n) is 5.36. The normalized spacial score (nSPS) is 18.0. The van der Waals surface area contributed by atoms with Crippen LogP contribution >= 0.6 is 0 Å². The smallest absolute Gasteiger partial charge is 0.261 e. The fourth-order valence-corrected chi connectivity index (χ4v) is 9.93. The van der Waals surface area contributed by atoms with Gasteiger partial charge < -0.3 is 4.43 Å². The lowest BCUT2D eigenvalue weighted by Crippen LogP contribution is -2.66. The highest BCUT2D eigenvalue weighted by molar-refractivity contribution is 6.99. The van der Waals surface area contributed by atoms with E-state index in [1.807, 2.05) is 6.08 Å². The number of carbonyl (C=O) groups excluding carboxylic acids is 1. The van der Waals surface area contributed by atoms with E-state index in [9.17, 15) is 4.79 Å². The Kier molecular flexibility index (Phi) is 7.65. The molecule has 0 fully saturated rings. The van der Waals surface area contributed by atoms with Crippen LogP contribution in [0.25, 0.3) is 0 Å². The first-order valence-electron chi connectivity index (χ1n) is 12.2. The van der Waals surface area contributed by atoms with E-state index in [4.69, 9.17) is 4.43 Å². The number of benzene rings is 2. The summed E-state index contributed by atoms with van der Waals surface area (Å²) in [6.07, 6.45) is 5.60. The second-order valence-electron chi connectivity index (χ2n) is 11.2. The molecule has 0 aromatic heterocycles. The molecule has 0 spiro atoms. The Morgan fingerprint density at radius 1 is 1.03 bits per heavy atom. The van der Waals surface area contributed by atoms with Crippen molar-refractivity contribution in [1.29, 1.82) is 0 Å². The second kappa shape index (κ2) is 9.95. The zero-order chi connectivity index (χ0) is 24.3. The molecule has 2 nitrogen and oxygen atoms in total. The molecule has 0 unspecified atom stereocenters. The molecule has 2 aromatic rings. The van der Waals surface area contributed by atoms with E-state index in [1.54, 1.807) is 0 Å². The van der Waals surface area contributed by atoms with Crippen LogP contribution in [0.2, 0.25) is 5.04 Å². The van der Waals surface area contributed by atoms with Crippen LogP contribution < -0.4 is 10.4 Å². The van der Waals surface area contributed by atoms with Gasteiger partial charge in [0.05, 0.1) is 0 Å². The molecule has 3 heteroatoms. The van der Waals surface area contributed by atoms with Crippen LogP contribution in [0.4, 0.5) is 0 Å². The zero-order valence-corrected chi connectivity index (χ0v) is 22.2. The molecule has 0 heterocycles. The van der Waals surface area contributed by atoms with Crippen molar-refractivity contribution in [3.05, 3.63) is 85.0 Å². The Morgan fingerprint density at radius 3 is 1.94 bits per heavy atom. The van der Waals surface area contributed by atoms with Crippen molar-refractivity contribution in [2.75, 3.05) is 6.61 Å². The quantitative estimate of drug-likeness (QED) is 0.323. The summed E-state index contributed by atoms with van der Waals surface area (Å²) in [7, 11) is -2.54. The van der Waals surface area contributed by atoms with Crippen molar-refractivity contribution in [1.82, 2.24) is 0 Å². The van der Waals surface area contributed by atoms with Crippen LogP contribution in [0.15, 0.2) is 85.0 Å². The molecule has 2 aromatic carbocycles. The van der Waals surface area contributed by atoms with Crippen molar-refractivity contribution < 1.29 is 9.22 Å². The fraction of sp³-hybridized carbons (Fsp3) is 0.433. The highest BCUT2D eigenvalue weighted by atomic mass is 28.4. The number of hydrogen-bond acceptors (Lipinski definition) is 2. The van der Waals surface area contributed by atoms with Gasteiger partial charge >= 0.3 is 0 Å². The SMILES string of the molecule is C=C[C@H](C1=CC(C)(C)CC1=O)[C@H](C)CCO[Si](c1ccccc1)(c1ccccc1)C(C)(C)C. The van der Waals surface area contributed by atoms with Gasteiger partial charge in [0.15, 0.2) is 5.78 Å². The minimum absolute atomic E-state index is 0.0370. The van der Waals surface area contributed by atoms with Crippen LogP contribution in [-0.2, 0) is 9.22 Å². The van der Waals surface area contributed by atoms with Crippen LogP contribution in [0.5, 0.6) is 0 Å². The third-order valence-electron chi connectivity index (χ3n) is 7.02. The summed E-state index contributed by atoms with van der Waals surface area (Å²) in [4.78, 5) is 12.7. The van der Waals surface area contributed by atoms with Gasteiger partial charge in [-0.1, -0.05) is 114 Å². The number of ketones is 1. The molecule has 0 saturated heterocycles. The first kappa shape index (κ1) is 25.4. The highest BCUT2D eigenvalue weighted by Gasteiger charge is 2.50. The molecule has 0 amide bonds. The predicted octanol–water partition coefficient (Wildman–Crippen LogP) is 6.32. The van der Waals surface area contributed by atoms with Gasteiger partial charge in [-0.3, -0.25) is 4.79 Å². The number of rotatable bonds is 9. The third kappa shape index (κ3) is 5.31. The van der Waals surface area contributed by atoms with E-state index >= 15 is 0 Å².